The van der Waals surface area contributed by atoms with E-state index in [0.29, 0.717) is 68.2 Å². The van der Waals surface area contributed by atoms with Gasteiger partial charge in [-0.15, -0.1) is 0 Å². The monoisotopic (exact) mass is 733 g/mol. The number of carbonyl (C=O) groups is 1. The fraction of sp³-hybridized carbons (Fsp3) is 0.447. The predicted octanol–water partition coefficient (Wildman–Crippen LogP) is 7.15. The maximum Gasteiger partial charge on any atom is 0.289 e. The highest BCUT2D eigenvalue weighted by Crippen LogP contribution is 2.40. The third-order valence-corrected chi connectivity index (χ3v) is 11.2. The number of amidine groups is 1. The van der Waals surface area contributed by atoms with Crippen molar-refractivity contribution in [3.8, 4) is 22.6 Å². The second-order valence-electron chi connectivity index (χ2n) is 15.3. The summed E-state index contributed by atoms with van der Waals surface area (Å²) in [4.78, 5) is 24.2. The number of morpholine rings is 1. The number of benzene rings is 2. The highest BCUT2D eigenvalue weighted by Gasteiger charge is 2.42. The third-order valence-electron chi connectivity index (χ3n) is 9.45. The van der Waals surface area contributed by atoms with Crippen LogP contribution in [0.25, 0.3) is 22.2 Å². The van der Waals surface area contributed by atoms with Gasteiger partial charge in [-0.25, -0.2) is 18.8 Å². The van der Waals surface area contributed by atoms with Crippen LogP contribution in [0.1, 0.15) is 24.2 Å². The first-order valence-electron chi connectivity index (χ1n) is 17.7. The van der Waals surface area contributed by atoms with E-state index in [4.69, 9.17) is 23.7 Å². The standard InChI is InChI=1S/C38H45F2N5O6Si/c1-24-16-44(17-25(2)50-24)36(46)27-8-6-26(7-9-27)29-18-45(23-47-12-13-52(3,4)5)35-33(29)32(10-11-41-35)51-34-30(39)14-28(15-31(34)40)43-37-42-19-38(22-49-37)20-48-21-38/h6-11,14-15,18,24-25H,12-13,16-17,19-23H2,1-5H3,(H,42,43)/t24-,25+. The summed E-state index contributed by atoms with van der Waals surface area (Å²) in [5, 5.41) is 3.41. The molecule has 2 aromatic carbocycles. The van der Waals surface area contributed by atoms with Gasteiger partial charge in [0.1, 0.15) is 24.7 Å². The van der Waals surface area contributed by atoms with Gasteiger partial charge in [-0.1, -0.05) is 31.8 Å². The number of nitrogens with zero attached hydrogens (tertiary/aromatic N) is 4. The molecule has 11 nitrogen and oxygen atoms in total. The van der Waals surface area contributed by atoms with Gasteiger partial charge in [-0.3, -0.25) is 4.79 Å². The zero-order valence-electron chi connectivity index (χ0n) is 30.2. The van der Waals surface area contributed by atoms with E-state index in [0.717, 1.165) is 23.7 Å². The molecular weight excluding hydrogens is 689 g/mol. The molecule has 0 saturated carbocycles. The number of aliphatic imine (C=N–C) groups is 1. The van der Waals surface area contributed by atoms with Gasteiger partial charge in [0.05, 0.1) is 42.8 Å². The van der Waals surface area contributed by atoms with Crippen molar-refractivity contribution in [3.63, 3.8) is 0 Å². The fourth-order valence-electron chi connectivity index (χ4n) is 6.60. The van der Waals surface area contributed by atoms with E-state index in [9.17, 15) is 4.79 Å². The number of hydrogen-bond acceptors (Lipinski definition) is 9. The van der Waals surface area contributed by atoms with Gasteiger partial charge in [-0.05, 0) is 43.7 Å². The Hall–Kier alpha value is -4.37. The Morgan fingerprint density at radius 2 is 1.75 bits per heavy atom. The highest BCUT2D eigenvalue weighted by molar-refractivity contribution is 6.76. The van der Waals surface area contributed by atoms with Crippen LogP contribution in [-0.2, 0) is 25.7 Å². The average molecular weight is 734 g/mol. The SMILES string of the molecule is C[C@@H]1CN(C(=O)c2ccc(-c3cn(COCC[Si](C)(C)C)c4nccc(Oc5c(F)cc(NC6=NCC7(COC7)CO6)cc5F)c34)cc2)C[C@H](C)O1. The first-order chi connectivity index (χ1) is 24.9. The van der Waals surface area contributed by atoms with E-state index in [2.05, 4.69) is 34.9 Å². The molecular formula is C38H45F2N5O6Si. The summed E-state index contributed by atoms with van der Waals surface area (Å²) in [6.07, 6.45) is 3.34. The topological polar surface area (TPSA) is 109 Å². The fourth-order valence-corrected chi connectivity index (χ4v) is 7.36. The molecule has 1 N–H and O–H groups in total. The molecule has 0 unspecified atom stereocenters. The zero-order chi connectivity index (χ0) is 36.6. The lowest BCUT2D eigenvalue weighted by molar-refractivity contribution is -0.132. The molecule has 14 heteroatoms. The molecule has 2 fully saturated rings. The molecule has 2 saturated heterocycles. The molecule has 2 aromatic heterocycles. The summed E-state index contributed by atoms with van der Waals surface area (Å²) in [5.41, 5.74) is 2.58. The van der Waals surface area contributed by atoms with Gasteiger partial charge in [0, 0.05) is 69.1 Å². The Balaban J connectivity index is 1.17. The van der Waals surface area contributed by atoms with Crippen molar-refractivity contribution < 1.29 is 37.3 Å². The Kier molecular flexibility index (Phi) is 10.1. The Morgan fingerprint density at radius 3 is 2.37 bits per heavy atom. The van der Waals surface area contributed by atoms with Gasteiger partial charge >= 0.3 is 0 Å². The molecule has 2 atom stereocenters. The predicted molar refractivity (Wildman–Crippen MR) is 197 cm³/mol. The van der Waals surface area contributed by atoms with Crippen LogP contribution in [0.5, 0.6) is 11.5 Å². The number of pyridine rings is 1. The van der Waals surface area contributed by atoms with Crippen LogP contribution in [-0.4, -0.2) is 92.7 Å². The van der Waals surface area contributed by atoms with Crippen LogP contribution in [0.3, 0.4) is 0 Å². The first-order valence-corrected chi connectivity index (χ1v) is 21.4. The summed E-state index contributed by atoms with van der Waals surface area (Å²) in [6, 6.07) is 12.4. The normalized spacial score (nSPS) is 20.0. The number of aromatic nitrogens is 2. The maximum atomic E-state index is 15.6. The number of anilines is 1. The van der Waals surface area contributed by atoms with Crippen LogP contribution in [0, 0.1) is 17.0 Å². The molecule has 3 aliphatic heterocycles. The largest absolute Gasteiger partial charge is 0.464 e. The smallest absolute Gasteiger partial charge is 0.289 e. The molecule has 7 rings (SSSR count). The average Bonchev–Trinajstić information content (AvgIpc) is 3.46. The molecule has 0 bridgehead atoms. The molecule has 3 aliphatic rings. The summed E-state index contributed by atoms with van der Waals surface area (Å²) in [7, 11) is -1.32. The summed E-state index contributed by atoms with van der Waals surface area (Å²) < 4.78 is 62.0. The number of carbonyl (C=O) groups excluding carboxylic acids is 1. The first kappa shape index (κ1) is 36.0. The number of rotatable bonds is 10. The van der Waals surface area contributed by atoms with Crippen LogP contribution < -0.4 is 10.1 Å². The van der Waals surface area contributed by atoms with Crippen LogP contribution >= 0.6 is 0 Å². The van der Waals surface area contributed by atoms with Crippen molar-refractivity contribution in [2.45, 2.75) is 58.5 Å². The minimum absolute atomic E-state index is 0.0464. The van der Waals surface area contributed by atoms with E-state index in [-0.39, 0.29) is 47.7 Å². The Bertz CT molecular complexity index is 1940. The summed E-state index contributed by atoms with van der Waals surface area (Å²) in [6.45, 7) is 14.7. The summed E-state index contributed by atoms with van der Waals surface area (Å²) >= 11 is 0. The quantitative estimate of drug-likeness (QED) is 0.135. The lowest BCUT2D eigenvalue weighted by Crippen LogP contribution is -2.51. The second-order valence-corrected chi connectivity index (χ2v) is 20.9. The Morgan fingerprint density at radius 1 is 1.04 bits per heavy atom. The molecule has 1 amide bonds. The number of amides is 1. The second kappa shape index (κ2) is 14.6. The number of hydrogen-bond donors (Lipinski definition) is 1. The molecule has 0 radical (unpaired) electrons. The van der Waals surface area contributed by atoms with Gasteiger partial charge in [0.15, 0.2) is 17.4 Å². The number of ether oxygens (including phenoxy) is 5. The summed E-state index contributed by atoms with van der Waals surface area (Å²) in [5.74, 6) is -2.23. The lowest BCUT2D eigenvalue weighted by Gasteiger charge is -2.41. The third kappa shape index (κ3) is 7.84. The minimum atomic E-state index is -1.32. The van der Waals surface area contributed by atoms with Gasteiger partial charge in [0.25, 0.3) is 11.9 Å². The van der Waals surface area contributed by atoms with Crippen LogP contribution in [0.15, 0.2) is 59.9 Å². The van der Waals surface area contributed by atoms with Crippen molar-refractivity contribution in [3.05, 3.63) is 72.1 Å². The van der Waals surface area contributed by atoms with Crippen LogP contribution in [0.4, 0.5) is 14.5 Å². The van der Waals surface area contributed by atoms with Crippen molar-refractivity contribution in [1.82, 2.24) is 14.5 Å². The maximum absolute atomic E-state index is 15.6. The molecule has 4 aromatic rings. The number of fused-ring (bicyclic) bond motifs is 1. The molecule has 276 valence electrons. The van der Waals surface area contributed by atoms with Crippen molar-refractivity contribution in [2.24, 2.45) is 10.4 Å². The van der Waals surface area contributed by atoms with Gasteiger partial charge < -0.3 is 38.5 Å². The van der Waals surface area contributed by atoms with Crippen molar-refractivity contribution in [2.75, 3.05) is 51.4 Å². The van der Waals surface area contributed by atoms with E-state index in [1.807, 2.05) is 41.6 Å². The van der Waals surface area contributed by atoms with Crippen LogP contribution in [0.2, 0.25) is 25.7 Å². The lowest BCUT2D eigenvalue weighted by atomic mass is 9.87. The Labute approximate surface area is 302 Å². The number of nitrogens with one attached hydrogen (secondary N) is 1. The van der Waals surface area contributed by atoms with E-state index in [1.165, 1.54) is 6.20 Å². The van der Waals surface area contributed by atoms with E-state index < -0.39 is 25.5 Å². The van der Waals surface area contributed by atoms with Gasteiger partial charge in [0.2, 0.25) is 0 Å². The molecule has 52 heavy (non-hydrogen) atoms. The molecule has 1 spiro atoms. The molecule has 0 aliphatic carbocycles. The number of halogens is 2. The zero-order valence-corrected chi connectivity index (χ0v) is 31.2. The van der Waals surface area contributed by atoms with Gasteiger partial charge in [-0.2, -0.15) is 0 Å². The van der Waals surface area contributed by atoms with E-state index in [1.54, 1.807) is 18.2 Å². The minimum Gasteiger partial charge on any atom is -0.464 e. The van der Waals surface area contributed by atoms with Crippen molar-refractivity contribution >= 4 is 36.7 Å². The molecule has 5 heterocycles. The van der Waals surface area contributed by atoms with E-state index >= 15 is 8.78 Å². The van der Waals surface area contributed by atoms with Crippen molar-refractivity contribution in [1.29, 1.82) is 0 Å². The highest BCUT2D eigenvalue weighted by atomic mass is 28.3.